The minimum atomic E-state index is -0.594. The molecule has 3 rings (SSSR count). The summed E-state index contributed by atoms with van der Waals surface area (Å²) in [5, 5.41) is 13.2. The normalized spacial score (nSPS) is 10.4. The Balaban J connectivity index is 1.54. The highest BCUT2D eigenvalue weighted by Crippen LogP contribution is 2.26. The Labute approximate surface area is 159 Å². The van der Waals surface area contributed by atoms with E-state index in [4.69, 9.17) is 9.15 Å². The number of para-hydroxylation sites is 2. The lowest BCUT2D eigenvalue weighted by Gasteiger charge is -2.10. The minimum Gasteiger partial charge on any atom is -0.495 e. The number of carbonyl (C=O) groups excluding carboxylic acids is 2. The van der Waals surface area contributed by atoms with Crippen LogP contribution in [0.5, 0.6) is 5.75 Å². The molecule has 27 heavy (non-hydrogen) atoms. The molecule has 3 amide bonds. The summed E-state index contributed by atoms with van der Waals surface area (Å²) in [5.74, 6) is 0.798. The number of imide groups is 1. The van der Waals surface area contributed by atoms with Crippen molar-refractivity contribution in [3.63, 3.8) is 0 Å². The van der Waals surface area contributed by atoms with Crippen molar-refractivity contribution in [3.8, 4) is 11.4 Å². The Morgan fingerprint density at radius 1 is 1.26 bits per heavy atom. The fraction of sp³-hybridized carbons (Fsp3) is 0.176. The fourth-order valence-electron chi connectivity index (χ4n) is 2.23. The molecule has 0 unspecified atom stereocenters. The number of hydrogen-bond acceptors (Lipinski definition) is 7. The fourth-order valence-corrected chi connectivity index (χ4v) is 2.96. The number of thioether (sulfide) groups is 1. The predicted octanol–water partition coefficient (Wildman–Crippen LogP) is 1.99. The molecule has 0 aliphatic heterocycles. The van der Waals surface area contributed by atoms with E-state index in [9.17, 15) is 9.59 Å². The van der Waals surface area contributed by atoms with Crippen LogP contribution < -0.4 is 15.4 Å². The first-order valence-electron chi connectivity index (χ1n) is 7.93. The molecule has 2 N–H and O–H groups in total. The second-order valence-corrected chi connectivity index (χ2v) is 6.20. The average molecular weight is 387 g/mol. The standard InChI is InChI=1S/C17H17N5O4S/c1-25-14-7-3-2-6-13(14)22-11-19-21-17(22)27-10-15(23)20-16(24)18-9-12-5-4-8-26-12/h2-8,11H,9-10H2,1H3,(H2,18,20,23,24). The number of ether oxygens (including phenoxy) is 1. The number of benzene rings is 1. The average Bonchev–Trinajstić information content (AvgIpc) is 3.36. The minimum absolute atomic E-state index is 0.00200. The highest BCUT2D eigenvalue weighted by molar-refractivity contribution is 7.99. The van der Waals surface area contributed by atoms with E-state index >= 15 is 0 Å². The zero-order valence-corrected chi connectivity index (χ0v) is 15.2. The van der Waals surface area contributed by atoms with Crippen LogP contribution in [-0.2, 0) is 11.3 Å². The molecule has 0 bridgehead atoms. The Bertz CT molecular complexity index is 910. The summed E-state index contributed by atoms with van der Waals surface area (Å²) in [7, 11) is 1.57. The first-order chi connectivity index (χ1) is 13.2. The zero-order valence-electron chi connectivity index (χ0n) is 14.4. The molecule has 3 aromatic rings. The molecular weight excluding hydrogens is 370 g/mol. The quantitative estimate of drug-likeness (QED) is 0.596. The van der Waals surface area contributed by atoms with Crippen molar-refractivity contribution in [3.05, 3.63) is 54.7 Å². The number of carbonyl (C=O) groups is 2. The molecule has 1 aromatic carbocycles. The van der Waals surface area contributed by atoms with E-state index in [1.165, 1.54) is 12.6 Å². The number of hydrogen-bond donors (Lipinski definition) is 2. The number of furan rings is 1. The summed E-state index contributed by atoms with van der Waals surface area (Å²) in [5.41, 5.74) is 0.754. The highest BCUT2D eigenvalue weighted by Gasteiger charge is 2.14. The molecule has 0 radical (unpaired) electrons. The van der Waals surface area contributed by atoms with Gasteiger partial charge in [-0.05, 0) is 24.3 Å². The number of nitrogens with one attached hydrogen (secondary N) is 2. The van der Waals surface area contributed by atoms with Gasteiger partial charge in [-0.25, -0.2) is 4.79 Å². The maximum absolute atomic E-state index is 12.0. The van der Waals surface area contributed by atoms with Crippen molar-refractivity contribution in [2.45, 2.75) is 11.7 Å². The third-order valence-electron chi connectivity index (χ3n) is 3.45. The third-order valence-corrected chi connectivity index (χ3v) is 4.39. The van der Waals surface area contributed by atoms with Crippen LogP contribution in [0.3, 0.4) is 0 Å². The Morgan fingerprint density at radius 3 is 2.89 bits per heavy atom. The lowest BCUT2D eigenvalue weighted by atomic mass is 10.3. The maximum atomic E-state index is 12.0. The van der Waals surface area contributed by atoms with E-state index in [1.54, 1.807) is 23.8 Å². The van der Waals surface area contributed by atoms with Gasteiger partial charge in [0.05, 0.1) is 31.4 Å². The van der Waals surface area contributed by atoms with Crippen LogP contribution in [0.25, 0.3) is 5.69 Å². The van der Waals surface area contributed by atoms with Gasteiger partial charge in [-0.15, -0.1) is 10.2 Å². The topological polar surface area (TPSA) is 111 Å². The van der Waals surface area contributed by atoms with Crippen LogP contribution >= 0.6 is 11.8 Å². The summed E-state index contributed by atoms with van der Waals surface area (Å²) in [6, 6.07) is 10.2. The predicted molar refractivity (Wildman–Crippen MR) is 97.7 cm³/mol. The molecule has 9 nitrogen and oxygen atoms in total. The van der Waals surface area contributed by atoms with Gasteiger partial charge < -0.3 is 14.5 Å². The summed E-state index contributed by atoms with van der Waals surface area (Å²) in [6.07, 6.45) is 3.04. The molecule has 0 saturated carbocycles. The highest BCUT2D eigenvalue weighted by atomic mass is 32.2. The molecule has 0 atom stereocenters. The lowest BCUT2D eigenvalue weighted by Crippen LogP contribution is -2.39. The SMILES string of the molecule is COc1ccccc1-n1cnnc1SCC(=O)NC(=O)NCc1ccco1. The smallest absolute Gasteiger partial charge is 0.321 e. The summed E-state index contributed by atoms with van der Waals surface area (Å²) in [4.78, 5) is 23.7. The molecule has 0 saturated heterocycles. The van der Waals surface area contributed by atoms with Gasteiger partial charge in [0.15, 0.2) is 5.16 Å². The van der Waals surface area contributed by atoms with Gasteiger partial charge in [0, 0.05) is 0 Å². The number of amides is 3. The number of aromatic nitrogens is 3. The second kappa shape index (κ2) is 8.90. The largest absolute Gasteiger partial charge is 0.495 e. The molecule has 0 spiro atoms. The van der Waals surface area contributed by atoms with Crippen molar-refractivity contribution in [2.24, 2.45) is 0 Å². The van der Waals surface area contributed by atoms with E-state index in [0.717, 1.165) is 17.4 Å². The molecule has 0 fully saturated rings. The molecular formula is C17H17N5O4S. The summed E-state index contributed by atoms with van der Waals surface area (Å²) >= 11 is 1.16. The summed E-state index contributed by atoms with van der Waals surface area (Å²) < 4.78 is 12.2. The zero-order chi connectivity index (χ0) is 19.1. The monoisotopic (exact) mass is 387 g/mol. The van der Waals surface area contributed by atoms with E-state index in [2.05, 4.69) is 20.8 Å². The van der Waals surface area contributed by atoms with Gasteiger partial charge in [-0.3, -0.25) is 14.7 Å². The van der Waals surface area contributed by atoms with Crippen LogP contribution in [0.1, 0.15) is 5.76 Å². The van der Waals surface area contributed by atoms with E-state index in [0.29, 0.717) is 16.7 Å². The van der Waals surface area contributed by atoms with Crippen LogP contribution in [0.15, 0.2) is 58.6 Å². The van der Waals surface area contributed by atoms with Crippen molar-refractivity contribution in [1.82, 2.24) is 25.4 Å². The van der Waals surface area contributed by atoms with Gasteiger partial charge in [0.1, 0.15) is 17.8 Å². The first kappa shape index (κ1) is 18.5. The lowest BCUT2D eigenvalue weighted by molar-refractivity contribution is -0.117. The van der Waals surface area contributed by atoms with Crippen molar-refractivity contribution >= 4 is 23.7 Å². The molecule has 10 heteroatoms. The van der Waals surface area contributed by atoms with E-state index in [-0.39, 0.29) is 12.3 Å². The van der Waals surface area contributed by atoms with Crippen molar-refractivity contribution < 1.29 is 18.7 Å². The molecule has 140 valence electrons. The number of urea groups is 1. The van der Waals surface area contributed by atoms with Crippen LogP contribution in [0.2, 0.25) is 0 Å². The maximum Gasteiger partial charge on any atom is 0.321 e. The Hall–Kier alpha value is -3.27. The van der Waals surface area contributed by atoms with Gasteiger partial charge in [0.2, 0.25) is 5.91 Å². The van der Waals surface area contributed by atoms with E-state index < -0.39 is 11.9 Å². The Morgan fingerprint density at radius 2 is 2.11 bits per heavy atom. The van der Waals surface area contributed by atoms with Crippen LogP contribution in [0.4, 0.5) is 4.79 Å². The van der Waals surface area contributed by atoms with Gasteiger partial charge >= 0.3 is 6.03 Å². The molecule has 2 aromatic heterocycles. The number of nitrogens with zero attached hydrogens (tertiary/aromatic N) is 3. The molecule has 0 aliphatic carbocycles. The number of rotatable bonds is 7. The van der Waals surface area contributed by atoms with Crippen molar-refractivity contribution in [1.29, 1.82) is 0 Å². The molecule has 2 heterocycles. The van der Waals surface area contributed by atoms with E-state index in [1.807, 2.05) is 24.3 Å². The summed E-state index contributed by atoms with van der Waals surface area (Å²) in [6.45, 7) is 0.196. The third kappa shape index (κ3) is 4.88. The van der Waals surface area contributed by atoms with Crippen LogP contribution in [0, 0.1) is 0 Å². The van der Waals surface area contributed by atoms with Crippen molar-refractivity contribution in [2.75, 3.05) is 12.9 Å². The Kier molecular flexibility index (Phi) is 6.10. The van der Waals surface area contributed by atoms with Crippen LogP contribution in [-0.4, -0.2) is 39.6 Å². The second-order valence-electron chi connectivity index (χ2n) is 5.25. The first-order valence-corrected chi connectivity index (χ1v) is 8.92. The molecule has 0 aliphatic rings. The van der Waals surface area contributed by atoms with Gasteiger partial charge in [-0.2, -0.15) is 0 Å². The number of methoxy groups -OCH3 is 1. The van der Waals surface area contributed by atoms with Gasteiger partial charge in [-0.1, -0.05) is 23.9 Å². The van der Waals surface area contributed by atoms with Gasteiger partial charge in [0.25, 0.3) is 0 Å².